The van der Waals surface area contributed by atoms with Gasteiger partial charge in [-0.15, -0.1) is 22.7 Å². The number of halogens is 3. The molecule has 1 aliphatic carbocycles. The van der Waals surface area contributed by atoms with Crippen LogP contribution in [0.2, 0.25) is 0 Å². The van der Waals surface area contributed by atoms with Gasteiger partial charge in [0.25, 0.3) is 0 Å². The summed E-state index contributed by atoms with van der Waals surface area (Å²) in [6, 6.07) is 21.2. The number of hydrogen-bond acceptors (Lipinski definition) is 4. The van der Waals surface area contributed by atoms with Crippen LogP contribution in [0.15, 0.2) is 78.2 Å². The second-order valence-corrected chi connectivity index (χ2v) is 12.2. The van der Waals surface area contributed by atoms with Gasteiger partial charge in [-0.05, 0) is 71.6 Å². The zero-order valence-electron chi connectivity index (χ0n) is 21.7. The van der Waals surface area contributed by atoms with Crippen molar-refractivity contribution >= 4 is 28.6 Å². The number of rotatable bonds is 9. The molecular weight excluding hydrogens is 537 g/mol. The predicted octanol–water partition coefficient (Wildman–Crippen LogP) is 8.33. The Morgan fingerprint density at radius 1 is 0.974 bits per heavy atom. The normalized spacial score (nSPS) is 17.4. The van der Waals surface area contributed by atoms with E-state index in [2.05, 4.69) is 35.0 Å². The molecule has 1 N–H and O–H groups in total. The van der Waals surface area contributed by atoms with E-state index in [4.69, 9.17) is 0 Å². The molecule has 0 spiro atoms. The van der Waals surface area contributed by atoms with Gasteiger partial charge in [0, 0.05) is 40.7 Å². The molecule has 39 heavy (non-hydrogen) atoms. The Balaban J connectivity index is 1.15. The molecule has 2 heterocycles. The molecular formula is C31H31F3N2OS2. The zero-order chi connectivity index (χ0) is 27.4. The number of benzene rings is 2. The van der Waals surface area contributed by atoms with E-state index in [1.54, 1.807) is 45.8 Å². The summed E-state index contributed by atoms with van der Waals surface area (Å²) < 4.78 is 40.3. The summed E-state index contributed by atoms with van der Waals surface area (Å²) in [6.45, 7) is 2.04. The molecule has 1 aliphatic rings. The Kier molecular flexibility index (Phi) is 8.54. The van der Waals surface area contributed by atoms with Crippen LogP contribution in [-0.4, -0.2) is 24.4 Å². The highest BCUT2D eigenvalue weighted by Gasteiger charge is 2.35. The molecule has 0 radical (unpaired) electrons. The van der Waals surface area contributed by atoms with Crippen LogP contribution >= 0.6 is 22.7 Å². The fraction of sp³-hybridized carbons (Fsp3) is 0.323. The van der Waals surface area contributed by atoms with Gasteiger partial charge in [0.1, 0.15) is 0 Å². The molecule has 4 aromatic rings. The molecule has 1 fully saturated rings. The first-order valence-electron chi connectivity index (χ1n) is 13.1. The lowest BCUT2D eigenvalue weighted by Crippen LogP contribution is -2.37. The molecule has 0 bridgehead atoms. The topological polar surface area (TPSA) is 32.3 Å². The summed E-state index contributed by atoms with van der Waals surface area (Å²) in [5.74, 6) is 0.435. The van der Waals surface area contributed by atoms with Crippen molar-refractivity contribution in [3.63, 3.8) is 0 Å². The van der Waals surface area contributed by atoms with Gasteiger partial charge in [-0.2, -0.15) is 13.2 Å². The molecule has 2 atom stereocenters. The van der Waals surface area contributed by atoms with Crippen LogP contribution in [0.5, 0.6) is 0 Å². The Hall–Kier alpha value is -2.94. The van der Waals surface area contributed by atoms with Crippen molar-refractivity contribution in [3.05, 3.63) is 94.2 Å². The highest BCUT2D eigenvalue weighted by molar-refractivity contribution is 7.21. The first-order valence-corrected chi connectivity index (χ1v) is 14.8. The van der Waals surface area contributed by atoms with Gasteiger partial charge in [-0.1, -0.05) is 55.0 Å². The summed E-state index contributed by atoms with van der Waals surface area (Å²) in [6.07, 6.45) is -1.43. The van der Waals surface area contributed by atoms with Crippen molar-refractivity contribution in [2.75, 3.05) is 13.6 Å². The minimum absolute atomic E-state index is 0.00884. The van der Waals surface area contributed by atoms with Crippen LogP contribution in [0.3, 0.4) is 0 Å². The second-order valence-electron chi connectivity index (χ2n) is 10.1. The largest absolute Gasteiger partial charge is 0.417 e. The van der Waals surface area contributed by atoms with Gasteiger partial charge >= 0.3 is 6.18 Å². The molecule has 0 aliphatic heterocycles. The SMILES string of the molecule is CN(Cc1ccc(-c2ccccc2C(F)(F)F)cc1)C(=O)C1CCC[C@H]1CNCc1ccc(-c2cccs2)s1. The van der Waals surface area contributed by atoms with Gasteiger partial charge < -0.3 is 10.2 Å². The van der Waals surface area contributed by atoms with Crippen LogP contribution in [0, 0.1) is 11.8 Å². The number of carbonyl (C=O) groups is 1. The lowest BCUT2D eigenvalue weighted by atomic mass is 9.94. The molecule has 204 valence electrons. The van der Waals surface area contributed by atoms with Crippen molar-refractivity contribution in [3.8, 4) is 20.9 Å². The molecule has 5 rings (SSSR count). The fourth-order valence-electron chi connectivity index (χ4n) is 5.42. The number of alkyl halides is 3. The average Bonchev–Trinajstić information content (AvgIpc) is 3.70. The number of amides is 1. The number of thiophene rings is 2. The monoisotopic (exact) mass is 568 g/mol. The molecule has 2 aromatic heterocycles. The van der Waals surface area contributed by atoms with Gasteiger partial charge in [0.2, 0.25) is 5.91 Å². The van der Waals surface area contributed by atoms with Crippen LogP contribution in [-0.2, 0) is 24.1 Å². The third-order valence-corrected chi connectivity index (χ3v) is 9.55. The average molecular weight is 569 g/mol. The number of nitrogens with zero attached hydrogens (tertiary/aromatic N) is 1. The van der Waals surface area contributed by atoms with E-state index in [1.807, 2.05) is 19.2 Å². The molecule has 3 nitrogen and oxygen atoms in total. The highest BCUT2D eigenvalue weighted by Crippen LogP contribution is 2.37. The Bertz CT molecular complexity index is 1380. The summed E-state index contributed by atoms with van der Waals surface area (Å²) in [7, 11) is 1.82. The van der Waals surface area contributed by atoms with E-state index in [0.717, 1.165) is 44.0 Å². The number of carbonyl (C=O) groups excluding carboxylic acids is 1. The van der Waals surface area contributed by atoms with Gasteiger partial charge in [0.05, 0.1) is 5.56 Å². The molecule has 8 heteroatoms. The Morgan fingerprint density at radius 2 is 1.77 bits per heavy atom. The minimum atomic E-state index is -4.41. The molecule has 0 saturated heterocycles. The Morgan fingerprint density at radius 3 is 2.51 bits per heavy atom. The maximum Gasteiger partial charge on any atom is 0.417 e. The first kappa shape index (κ1) is 27.6. The molecule has 2 aromatic carbocycles. The van der Waals surface area contributed by atoms with Crippen molar-refractivity contribution in [1.29, 1.82) is 0 Å². The lowest BCUT2D eigenvalue weighted by molar-refractivity contribution is -0.137. The Labute approximate surface area is 235 Å². The van der Waals surface area contributed by atoms with E-state index in [0.29, 0.717) is 18.0 Å². The third-order valence-electron chi connectivity index (χ3n) is 7.40. The van der Waals surface area contributed by atoms with Crippen molar-refractivity contribution < 1.29 is 18.0 Å². The minimum Gasteiger partial charge on any atom is -0.341 e. The second kappa shape index (κ2) is 12.1. The predicted molar refractivity (Wildman–Crippen MR) is 154 cm³/mol. The van der Waals surface area contributed by atoms with E-state index < -0.39 is 11.7 Å². The summed E-state index contributed by atoms with van der Waals surface area (Å²) in [4.78, 5) is 19.0. The lowest BCUT2D eigenvalue weighted by Gasteiger charge is -2.25. The zero-order valence-corrected chi connectivity index (χ0v) is 23.3. The quantitative estimate of drug-likeness (QED) is 0.220. The van der Waals surface area contributed by atoms with Crippen LogP contribution in [0.25, 0.3) is 20.9 Å². The number of nitrogens with one attached hydrogen (secondary N) is 1. The number of hydrogen-bond donors (Lipinski definition) is 1. The van der Waals surface area contributed by atoms with Crippen LogP contribution in [0.1, 0.15) is 35.3 Å². The molecule has 1 amide bonds. The maximum atomic E-state index is 13.4. The third kappa shape index (κ3) is 6.62. The first-order chi connectivity index (χ1) is 18.8. The summed E-state index contributed by atoms with van der Waals surface area (Å²) >= 11 is 3.55. The summed E-state index contributed by atoms with van der Waals surface area (Å²) in [5.41, 5.74) is 0.919. The highest BCUT2D eigenvalue weighted by atomic mass is 32.1. The van der Waals surface area contributed by atoms with Crippen molar-refractivity contribution in [2.24, 2.45) is 11.8 Å². The van der Waals surface area contributed by atoms with E-state index >= 15 is 0 Å². The van der Waals surface area contributed by atoms with Crippen LogP contribution in [0.4, 0.5) is 13.2 Å². The van der Waals surface area contributed by atoms with E-state index in [-0.39, 0.29) is 17.4 Å². The van der Waals surface area contributed by atoms with Crippen LogP contribution < -0.4 is 5.32 Å². The fourth-order valence-corrected chi connectivity index (χ4v) is 7.23. The van der Waals surface area contributed by atoms with Gasteiger partial charge in [0.15, 0.2) is 0 Å². The van der Waals surface area contributed by atoms with Gasteiger partial charge in [-0.25, -0.2) is 0 Å². The van der Waals surface area contributed by atoms with E-state index in [9.17, 15) is 18.0 Å². The smallest absolute Gasteiger partial charge is 0.341 e. The van der Waals surface area contributed by atoms with Crippen molar-refractivity contribution in [1.82, 2.24) is 10.2 Å². The molecule has 1 unspecified atom stereocenters. The van der Waals surface area contributed by atoms with Gasteiger partial charge in [-0.3, -0.25) is 4.79 Å². The van der Waals surface area contributed by atoms with E-state index in [1.165, 1.54) is 26.8 Å². The maximum absolute atomic E-state index is 13.4. The standard InChI is InChI=1S/C31H31F3N2OS2/c1-36(20-21-11-13-22(14-12-21)25-7-2-3-9-27(25)31(32,33)34)30(37)26-8-4-6-23(26)18-35-19-24-15-16-29(39-24)28-10-5-17-38-28/h2-3,5,7,9-17,23,26,35H,4,6,8,18-20H2,1H3/t23-,26?/m0/s1. The summed E-state index contributed by atoms with van der Waals surface area (Å²) in [5, 5.41) is 5.67. The molecule has 1 saturated carbocycles. The van der Waals surface area contributed by atoms with Crippen molar-refractivity contribution in [2.45, 2.75) is 38.5 Å².